The predicted octanol–water partition coefficient (Wildman–Crippen LogP) is 4.51. The van der Waals surface area contributed by atoms with E-state index in [1.165, 1.54) is 16.9 Å². The number of aromatic carboxylic acids is 1. The maximum Gasteiger partial charge on any atom is 0.345 e. The van der Waals surface area contributed by atoms with Gasteiger partial charge in [-0.1, -0.05) is 30.3 Å². The Morgan fingerprint density at radius 1 is 1.21 bits per heavy atom. The van der Waals surface area contributed by atoms with Gasteiger partial charge in [0, 0.05) is 29.3 Å². The molecule has 1 saturated carbocycles. The molecular formula is C22H28ClNO3S. The molecule has 0 aliphatic heterocycles. The number of thiophene rings is 1. The maximum atomic E-state index is 11.0. The summed E-state index contributed by atoms with van der Waals surface area (Å²) in [5, 5.41) is 19.6. The van der Waals surface area contributed by atoms with Crippen LogP contribution in [0.25, 0.3) is 0 Å². The van der Waals surface area contributed by atoms with Crippen molar-refractivity contribution in [3.8, 4) is 0 Å². The molecule has 0 spiro atoms. The van der Waals surface area contributed by atoms with E-state index in [2.05, 4.69) is 24.1 Å². The Labute approximate surface area is 175 Å². The molecule has 0 saturated heterocycles. The number of aliphatic hydroxyl groups excluding tert-OH is 1. The first-order valence-electron chi connectivity index (χ1n) is 9.80. The number of carboxylic acids is 1. The van der Waals surface area contributed by atoms with Crippen LogP contribution in [0.2, 0.25) is 0 Å². The minimum absolute atomic E-state index is 0.00282. The summed E-state index contributed by atoms with van der Waals surface area (Å²) in [7, 11) is 2.09. The van der Waals surface area contributed by atoms with Crippen LogP contribution in [0.3, 0.4) is 0 Å². The second-order valence-corrected chi connectivity index (χ2v) is 9.52. The molecule has 1 aliphatic rings. The van der Waals surface area contributed by atoms with Gasteiger partial charge >= 0.3 is 5.97 Å². The Balaban J connectivity index is 1.53. The van der Waals surface area contributed by atoms with Gasteiger partial charge in [0.1, 0.15) is 4.88 Å². The van der Waals surface area contributed by atoms with E-state index in [0.717, 1.165) is 37.2 Å². The molecule has 1 fully saturated rings. The number of benzene rings is 1. The largest absolute Gasteiger partial charge is 0.477 e. The summed E-state index contributed by atoms with van der Waals surface area (Å²) in [6.45, 7) is 1.68. The average molecular weight is 422 g/mol. The molecule has 0 unspecified atom stereocenters. The standard InChI is InChI=1S/C22H28ClNO3S/c1-24(13-15-6-3-2-4-7-15)14-18-17(19(23)12-20(18)25)9-5-8-16-10-11-21(28-16)22(26)27/h2-4,6-7,10-11,17-20,25H,5,8-9,12-14H2,1H3,(H,26,27)/t17-,18-,19+,20-/m1/s1. The minimum Gasteiger partial charge on any atom is -0.477 e. The molecule has 6 heteroatoms. The van der Waals surface area contributed by atoms with Gasteiger partial charge in [0.25, 0.3) is 0 Å². The van der Waals surface area contributed by atoms with Crippen molar-refractivity contribution in [2.75, 3.05) is 13.6 Å². The lowest BCUT2D eigenvalue weighted by Crippen LogP contribution is -2.33. The number of hydrogen-bond donors (Lipinski definition) is 2. The molecule has 1 aromatic heterocycles. The second kappa shape index (κ2) is 9.88. The second-order valence-electron chi connectivity index (χ2n) is 7.79. The third-order valence-corrected chi connectivity index (χ3v) is 7.26. The first-order valence-corrected chi connectivity index (χ1v) is 11.1. The van der Waals surface area contributed by atoms with Crippen LogP contribution in [0.15, 0.2) is 42.5 Å². The van der Waals surface area contributed by atoms with Crippen LogP contribution in [0.1, 0.15) is 39.4 Å². The fourth-order valence-corrected chi connectivity index (χ4v) is 5.63. The lowest BCUT2D eigenvalue weighted by molar-refractivity contribution is 0.0702. The fraction of sp³-hybridized carbons (Fsp3) is 0.500. The molecular weight excluding hydrogens is 394 g/mol. The number of nitrogens with zero attached hydrogens (tertiary/aromatic N) is 1. The first kappa shape index (κ1) is 21.3. The monoisotopic (exact) mass is 421 g/mol. The molecule has 1 aromatic carbocycles. The Hall–Kier alpha value is -1.40. The molecule has 4 atom stereocenters. The van der Waals surface area contributed by atoms with Crippen molar-refractivity contribution in [1.82, 2.24) is 4.90 Å². The molecule has 3 rings (SSSR count). The summed E-state index contributed by atoms with van der Waals surface area (Å²) in [6.07, 6.45) is 3.07. The number of alkyl halides is 1. The van der Waals surface area contributed by atoms with Crippen LogP contribution in [-0.2, 0) is 13.0 Å². The molecule has 0 amide bonds. The Morgan fingerprint density at radius 3 is 2.64 bits per heavy atom. The number of aryl methyl sites for hydroxylation is 1. The number of hydrogen-bond acceptors (Lipinski definition) is 4. The summed E-state index contributed by atoms with van der Waals surface area (Å²) < 4.78 is 0. The van der Waals surface area contributed by atoms with E-state index < -0.39 is 5.97 Å². The molecule has 1 heterocycles. The number of carboxylic acid groups (broad SMARTS) is 1. The lowest BCUT2D eigenvalue weighted by atomic mass is 9.89. The van der Waals surface area contributed by atoms with Gasteiger partial charge in [-0.25, -0.2) is 4.79 Å². The summed E-state index contributed by atoms with van der Waals surface area (Å²) in [6, 6.07) is 13.9. The third-order valence-electron chi connectivity index (χ3n) is 5.63. The van der Waals surface area contributed by atoms with Gasteiger partial charge < -0.3 is 15.1 Å². The molecule has 2 aromatic rings. The zero-order chi connectivity index (χ0) is 20.1. The van der Waals surface area contributed by atoms with Crippen molar-refractivity contribution in [2.24, 2.45) is 11.8 Å². The van der Waals surface area contributed by atoms with E-state index in [1.807, 2.05) is 24.3 Å². The van der Waals surface area contributed by atoms with Gasteiger partial charge in [0.05, 0.1) is 6.10 Å². The highest BCUT2D eigenvalue weighted by Gasteiger charge is 2.41. The van der Waals surface area contributed by atoms with Crippen LogP contribution >= 0.6 is 22.9 Å². The van der Waals surface area contributed by atoms with Gasteiger partial charge in [-0.05, 0) is 56.3 Å². The van der Waals surface area contributed by atoms with E-state index in [9.17, 15) is 9.90 Å². The van der Waals surface area contributed by atoms with E-state index in [1.54, 1.807) is 6.07 Å². The van der Waals surface area contributed by atoms with Crippen LogP contribution in [0.4, 0.5) is 0 Å². The minimum atomic E-state index is -0.863. The van der Waals surface area contributed by atoms with E-state index in [4.69, 9.17) is 16.7 Å². The molecule has 28 heavy (non-hydrogen) atoms. The summed E-state index contributed by atoms with van der Waals surface area (Å²) in [5.41, 5.74) is 1.27. The van der Waals surface area contributed by atoms with E-state index >= 15 is 0 Å². The topological polar surface area (TPSA) is 60.8 Å². The van der Waals surface area contributed by atoms with Crippen molar-refractivity contribution in [2.45, 2.75) is 43.7 Å². The fourth-order valence-electron chi connectivity index (χ4n) is 4.24. The summed E-state index contributed by atoms with van der Waals surface area (Å²) in [4.78, 5) is 14.8. The normalized spacial score (nSPS) is 24.7. The summed E-state index contributed by atoms with van der Waals surface area (Å²) in [5.74, 6) is -0.402. The Morgan fingerprint density at radius 2 is 1.96 bits per heavy atom. The van der Waals surface area contributed by atoms with Crippen molar-refractivity contribution in [1.29, 1.82) is 0 Å². The maximum absolute atomic E-state index is 11.0. The van der Waals surface area contributed by atoms with Crippen LogP contribution in [0.5, 0.6) is 0 Å². The molecule has 2 N–H and O–H groups in total. The average Bonchev–Trinajstić information content (AvgIpc) is 3.22. The Kier molecular flexibility index (Phi) is 7.52. The van der Waals surface area contributed by atoms with Gasteiger partial charge in [-0.15, -0.1) is 22.9 Å². The highest BCUT2D eigenvalue weighted by atomic mass is 35.5. The summed E-state index contributed by atoms with van der Waals surface area (Å²) >= 11 is 7.93. The van der Waals surface area contributed by atoms with Crippen molar-refractivity contribution in [3.05, 3.63) is 57.8 Å². The van der Waals surface area contributed by atoms with Gasteiger partial charge in [-0.2, -0.15) is 0 Å². The van der Waals surface area contributed by atoms with Crippen LogP contribution < -0.4 is 0 Å². The molecule has 152 valence electrons. The number of rotatable bonds is 9. The van der Waals surface area contributed by atoms with Crippen molar-refractivity contribution >= 4 is 28.9 Å². The molecule has 4 nitrogen and oxygen atoms in total. The SMILES string of the molecule is CN(Cc1ccccc1)C[C@@H]1[C@@H](CCCc2ccc(C(=O)O)s2)[C@@H](Cl)C[C@H]1O. The van der Waals surface area contributed by atoms with E-state index in [-0.39, 0.29) is 23.3 Å². The number of carbonyl (C=O) groups is 1. The van der Waals surface area contributed by atoms with Gasteiger partial charge in [0.15, 0.2) is 0 Å². The van der Waals surface area contributed by atoms with E-state index in [0.29, 0.717) is 11.3 Å². The first-order chi connectivity index (χ1) is 13.4. The van der Waals surface area contributed by atoms with Crippen LogP contribution in [-0.4, -0.2) is 46.2 Å². The number of aliphatic hydroxyl groups is 1. The van der Waals surface area contributed by atoms with Crippen molar-refractivity contribution in [3.63, 3.8) is 0 Å². The zero-order valence-electron chi connectivity index (χ0n) is 16.1. The lowest BCUT2D eigenvalue weighted by Gasteiger charge is -2.28. The highest BCUT2D eigenvalue weighted by molar-refractivity contribution is 7.13. The van der Waals surface area contributed by atoms with Gasteiger partial charge in [-0.3, -0.25) is 0 Å². The van der Waals surface area contributed by atoms with Gasteiger partial charge in [0.2, 0.25) is 0 Å². The predicted molar refractivity (Wildman–Crippen MR) is 114 cm³/mol. The van der Waals surface area contributed by atoms with Crippen LogP contribution in [0, 0.1) is 11.8 Å². The highest BCUT2D eigenvalue weighted by Crippen LogP contribution is 2.40. The quantitative estimate of drug-likeness (QED) is 0.585. The Bertz CT molecular complexity index is 766. The molecule has 1 aliphatic carbocycles. The smallest absolute Gasteiger partial charge is 0.345 e. The van der Waals surface area contributed by atoms with Crippen molar-refractivity contribution < 1.29 is 15.0 Å². The number of halogens is 1. The zero-order valence-corrected chi connectivity index (χ0v) is 17.7. The third kappa shape index (κ3) is 5.57. The molecule has 0 bridgehead atoms. The molecule has 0 radical (unpaired) electrons.